The lowest BCUT2D eigenvalue weighted by molar-refractivity contribution is 0.291. The van der Waals surface area contributed by atoms with E-state index in [1.54, 1.807) is 6.21 Å². The molecule has 0 saturated heterocycles. The number of hydrogen-bond acceptors (Lipinski definition) is 2. The molecular weight excluding hydrogens is 270 g/mol. The summed E-state index contributed by atoms with van der Waals surface area (Å²) >= 11 is 0. The number of benzene rings is 2. The molecule has 1 aliphatic carbocycles. The third-order valence-corrected chi connectivity index (χ3v) is 4.79. The maximum Gasteiger partial charge on any atom is 0.0490 e. The highest BCUT2D eigenvalue weighted by Gasteiger charge is 2.50. The van der Waals surface area contributed by atoms with Crippen molar-refractivity contribution in [1.29, 1.82) is 0 Å². The normalized spacial score (nSPS) is 22.2. The Labute approximate surface area is 131 Å². The van der Waals surface area contributed by atoms with E-state index in [0.717, 1.165) is 0 Å². The van der Waals surface area contributed by atoms with Crippen LogP contribution >= 0.6 is 0 Å². The van der Waals surface area contributed by atoms with Crippen LogP contribution in [-0.4, -0.2) is 11.4 Å². The zero-order valence-electron chi connectivity index (χ0n) is 13.0. The zero-order chi connectivity index (χ0) is 15.6. The predicted octanol–water partition coefficient (Wildman–Crippen LogP) is 4.64. The number of oxime groups is 1. The highest BCUT2D eigenvalue weighted by molar-refractivity contribution is 5.71. The summed E-state index contributed by atoms with van der Waals surface area (Å²) < 4.78 is 0. The van der Waals surface area contributed by atoms with E-state index in [-0.39, 0.29) is 16.7 Å². The first-order valence-corrected chi connectivity index (χ1v) is 7.60. The summed E-state index contributed by atoms with van der Waals surface area (Å²) in [5, 5.41) is 12.6. The molecule has 0 amide bonds. The predicted molar refractivity (Wildman–Crippen MR) is 90.4 cm³/mol. The molecule has 0 spiro atoms. The smallest absolute Gasteiger partial charge is 0.0490 e. The fourth-order valence-electron chi connectivity index (χ4n) is 3.66. The second kappa shape index (κ2) is 5.45. The third kappa shape index (κ3) is 2.16. The van der Waals surface area contributed by atoms with Gasteiger partial charge in [-0.25, -0.2) is 0 Å². The second-order valence-corrected chi connectivity index (χ2v) is 6.50. The average Bonchev–Trinajstić information content (AvgIpc) is 2.82. The van der Waals surface area contributed by atoms with Gasteiger partial charge in [-0.05, 0) is 16.5 Å². The van der Waals surface area contributed by atoms with E-state index >= 15 is 0 Å². The van der Waals surface area contributed by atoms with Crippen LogP contribution in [0.25, 0.3) is 0 Å². The molecule has 0 radical (unpaired) electrons. The van der Waals surface area contributed by atoms with Gasteiger partial charge in [-0.1, -0.05) is 86.7 Å². The molecular formula is C20H21NO. The van der Waals surface area contributed by atoms with Crippen LogP contribution in [0.5, 0.6) is 0 Å². The Morgan fingerprint density at radius 2 is 1.36 bits per heavy atom. The van der Waals surface area contributed by atoms with E-state index in [1.807, 2.05) is 12.1 Å². The summed E-state index contributed by atoms with van der Waals surface area (Å²) in [6.45, 7) is 4.37. The minimum absolute atomic E-state index is 0.0507. The number of allylic oxidation sites excluding steroid dienone is 2. The first-order valence-electron chi connectivity index (χ1n) is 7.60. The molecule has 0 bridgehead atoms. The van der Waals surface area contributed by atoms with Crippen molar-refractivity contribution in [1.82, 2.24) is 0 Å². The van der Waals surface area contributed by atoms with Gasteiger partial charge >= 0.3 is 0 Å². The Morgan fingerprint density at radius 3 is 1.82 bits per heavy atom. The summed E-state index contributed by atoms with van der Waals surface area (Å²) in [4.78, 5) is 0. The molecule has 0 fully saturated rings. The van der Waals surface area contributed by atoms with Crippen LogP contribution in [0, 0.1) is 11.3 Å². The first-order chi connectivity index (χ1) is 10.6. The van der Waals surface area contributed by atoms with E-state index in [0.29, 0.717) is 0 Å². The van der Waals surface area contributed by atoms with Crippen molar-refractivity contribution in [2.45, 2.75) is 19.3 Å². The molecule has 22 heavy (non-hydrogen) atoms. The Morgan fingerprint density at radius 1 is 0.864 bits per heavy atom. The van der Waals surface area contributed by atoms with Crippen LogP contribution in [0.15, 0.2) is 78.0 Å². The van der Waals surface area contributed by atoms with Gasteiger partial charge < -0.3 is 5.21 Å². The van der Waals surface area contributed by atoms with Gasteiger partial charge in [0.05, 0.1) is 0 Å². The van der Waals surface area contributed by atoms with E-state index in [2.05, 4.69) is 79.7 Å². The van der Waals surface area contributed by atoms with Crippen molar-refractivity contribution in [3.63, 3.8) is 0 Å². The van der Waals surface area contributed by atoms with E-state index < -0.39 is 0 Å². The van der Waals surface area contributed by atoms with Crippen molar-refractivity contribution in [2.75, 3.05) is 0 Å². The molecule has 1 atom stereocenters. The number of hydrogen-bond donors (Lipinski definition) is 1. The first kappa shape index (κ1) is 14.6. The van der Waals surface area contributed by atoms with Gasteiger partial charge in [0.2, 0.25) is 0 Å². The lowest BCUT2D eigenvalue weighted by Crippen LogP contribution is -2.39. The zero-order valence-corrected chi connectivity index (χ0v) is 13.0. The van der Waals surface area contributed by atoms with Gasteiger partial charge in [0.15, 0.2) is 0 Å². The maximum atomic E-state index is 9.23. The fraction of sp³-hybridized carbons (Fsp3) is 0.250. The lowest BCUT2D eigenvalue weighted by Gasteiger charge is -2.39. The Kier molecular flexibility index (Phi) is 3.61. The van der Waals surface area contributed by atoms with Gasteiger partial charge in [-0.15, -0.1) is 5.16 Å². The molecule has 3 rings (SSSR count). The van der Waals surface area contributed by atoms with Gasteiger partial charge in [-0.3, -0.25) is 0 Å². The average molecular weight is 291 g/mol. The van der Waals surface area contributed by atoms with Gasteiger partial charge in [0.1, 0.15) is 0 Å². The van der Waals surface area contributed by atoms with Crippen LogP contribution in [-0.2, 0) is 5.41 Å². The molecule has 1 N–H and O–H groups in total. The van der Waals surface area contributed by atoms with Crippen molar-refractivity contribution in [2.24, 2.45) is 16.5 Å². The maximum absolute atomic E-state index is 9.23. The van der Waals surface area contributed by atoms with Crippen molar-refractivity contribution < 1.29 is 5.21 Å². The minimum Gasteiger partial charge on any atom is -0.411 e. The second-order valence-electron chi connectivity index (χ2n) is 6.50. The fourth-order valence-corrected chi connectivity index (χ4v) is 3.66. The van der Waals surface area contributed by atoms with Crippen molar-refractivity contribution in [3.8, 4) is 0 Å². The third-order valence-electron chi connectivity index (χ3n) is 4.79. The van der Waals surface area contributed by atoms with Gasteiger partial charge in [0.25, 0.3) is 0 Å². The van der Waals surface area contributed by atoms with Crippen molar-refractivity contribution >= 4 is 6.21 Å². The van der Waals surface area contributed by atoms with Crippen LogP contribution in [0.4, 0.5) is 0 Å². The molecule has 2 aromatic carbocycles. The molecule has 2 nitrogen and oxygen atoms in total. The molecule has 112 valence electrons. The summed E-state index contributed by atoms with van der Waals surface area (Å²) in [6.07, 6.45) is 6.18. The van der Waals surface area contributed by atoms with Crippen molar-refractivity contribution in [3.05, 3.63) is 83.9 Å². The quantitative estimate of drug-likeness (QED) is 0.380. The summed E-state index contributed by atoms with van der Waals surface area (Å²) in [5.74, 6) is 0.0507. The number of rotatable bonds is 3. The summed E-state index contributed by atoms with van der Waals surface area (Å²) in [7, 11) is 0. The molecule has 0 heterocycles. The van der Waals surface area contributed by atoms with Crippen LogP contribution in [0.3, 0.4) is 0 Å². The number of nitrogens with zero attached hydrogens (tertiary/aromatic N) is 1. The Balaban J connectivity index is 2.28. The van der Waals surface area contributed by atoms with Gasteiger partial charge in [0, 0.05) is 17.5 Å². The molecule has 2 heteroatoms. The lowest BCUT2D eigenvalue weighted by atomic mass is 9.63. The van der Waals surface area contributed by atoms with Gasteiger partial charge in [-0.2, -0.15) is 0 Å². The Bertz CT molecular complexity index is 647. The molecule has 0 aliphatic heterocycles. The van der Waals surface area contributed by atoms with E-state index in [9.17, 15) is 5.21 Å². The minimum atomic E-state index is -0.307. The SMILES string of the molecule is CC1(C)C=CC(c2ccccc2)(c2ccccc2)C1/C=N/O. The van der Waals surface area contributed by atoms with E-state index in [4.69, 9.17) is 0 Å². The topological polar surface area (TPSA) is 32.6 Å². The molecule has 0 saturated carbocycles. The highest BCUT2D eigenvalue weighted by Crippen LogP contribution is 2.53. The molecule has 0 aromatic heterocycles. The monoisotopic (exact) mass is 291 g/mol. The molecule has 1 unspecified atom stereocenters. The van der Waals surface area contributed by atoms with Crippen LogP contribution < -0.4 is 0 Å². The molecule has 2 aromatic rings. The largest absolute Gasteiger partial charge is 0.411 e. The standard InChI is InChI=1S/C20H21NO/c1-19(2)13-14-20(18(19)15-21-22,16-9-5-3-6-10-16)17-11-7-4-8-12-17/h3-15,18,22H,1-2H3/b21-15+. The molecule has 1 aliphatic rings. The highest BCUT2D eigenvalue weighted by atomic mass is 16.4. The summed E-state index contributed by atoms with van der Waals surface area (Å²) in [5.41, 5.74) is 2.04. The van der Waals surface area contributed by atoms with Crippen LogP contribution in [0.2, 0.25) is 0 Å². The summed E-state index contributed by atoms with van der Waals surface area (Å²) in [6, 6.07) is 20.9. The van der Waals surface area contributed by atoms with E-state index in [1.165, 1.54) is 11.1 Å². The van der Waals surface area contributed by atoms with Crippen LogP contribution in [0.1, 0.15) is 25.0 Å². The Hall–Kier alpha value is -2.35.